The first-order valence-corrected chi connectivity index (χ1v) is 8.31. The van der Waals surface area contributed by atoms with Gasteiger partial charge in [-0.15, -0.1) is 0 Å². The van der Waals surface area contributed by atoms with Gasteiger partial charge in [0.25, 0.3) is 0 Å². The molecule has 114 valence electrons. The van der Waals surface area contributed by atoms with Gasteiger partial charge in [-0.25, -0.2) is 4.79 Å². The van der Waals surface area contributed by atoms with Gasteiger partial charge >= 0.3 is 5.69 Å². The minimum atomic E-state index is -0.165. The van der Waals surface area contributed by atoms with Crippen molar-refractivity contribution in [2.75, 3.05) is 5.32 Å². The van der Waals surface area contributed by atoms with E-state index < -0.39 is 0 Å². The lowest BCUT2D eigenvalue weighted by Gasteiger charge is -2.40. The molecule has 1 saturated carbocycles. The van der Waals surface area contributed by atoms with Crippen LogP contribution in [0.15, 0.2) is 21.4 Å². The van der Waals surface area contributed by atoms with Crippen molar-refractivity contribution in [2.45, 2.75) is 46.1 Å². The molecule has 5 heteroatoms. The second kappa shape index (κ2) is 5.20. The molecule has 4 nitrogen and oxygen atoms in total. The Labute approximate surface area is 132 Å². The Morgan fingerprint density at radius 1 is 1.29 bits per heavy atom. The highest BCUT2D eigenvalue weighted by Crippen LogP contribution is 2.40. The van der Waals surface area contributed by atoms with Gasteiger partial charge in [0.1, 0.15) is 0 Å². The number of hydrogen-bond donors (Lipinski definition) is 3. The standard InChI is InChI=1S/C16H22BrN3O/c1-9-8-16(2,3)5-4-11(9)18-12-7-14-13(6-10(12)17)19-15(21)20-14/h6-7,9,11,18H,4-5,8H2,1-3H3,(H2,19,20,21). The van der Waals surface area contributed by atoms with Crippen molar-refractivity contribution in [3.63, 3.8) is 0 Å². The fourth-order valence-electron chi connectivity index (χ4n) is 3.53. The highest BCUT2D eigenvalue weighted by molar-refractivity contribution is 9.10. The van der Waals surface area contributed by atoms with Crippen LogP contribution in [0.1, 0.15) is 40.0 Å². The summed E-state index contributed by atoms with van der Waals surface area (Å²) in [5.74, 6) is 0.640. The van der Waals surface area contributed by atoms with Crippen molar-refractivity contribution in [1.82, 2.24) is 9.97 Å². The minimum absolute atomic E-state index is 0.165. The van der Waals surface area contributed by atoms with Gasteiger partial charge in [0, 0.05) is 10.5 Å². The molecule has 1 aromatic carbocycles. The zero-order chi connectivity index (χ0) is 15.2. The predicted octanol–water partition coefficient (Wildman–Crippen LogP) is 4.25. The van der Waals surface area contributed by atoms with Crippen LogP contribution in [0.4, 0.5) is 5.69 Å². The van der Waals surface area contributed by atoms with E-state index >= 15 is 0 Å². The van der Waals surface area contributed by atoms with Gasteiger partial charge in [-0.1, -0.05) is 20.8 Å². The fraction of sp³-hybridized carbons (Fsp3) is 0.562. The number of aromatic amines is 2. The summed E-state index contributed by atoms with van der Waals surface area (Å²) < 4.78 is 0.988. The maximum atomic E-state index is 11.4. The van der Waals surface area contributed by atoms with Crippen LogP contribution in [0.3, 0.4) is 0 Å². The molecule has 0 spiro atoms. The van der Waals surface area contributed by atoms with Crippen LogP contribution in [0.2, 0.25) is 0 Å². The highest BCUT2D eigenvalue weighted by atomic mass is 79.9. The Morgan fingerprint density at radius 2 is 1.95 bits per heavy atom. The van der Waals surface area contributed by atoms with Crippen molar-refractivity contribution in [3.8, 4) is 0 Å². The first kappa shape index (κ1) is 14.7. The molecule has 2 atom stereocenters. The number of anilines is 1. The lowest BCUT2D eigenvalue weighted by molar-refractivity contribution is 0.177. The quantitative estimate of drug-likeness (QED) is 0.757. The third-order valence-corrected chi connectivity index (χ3v) is 5.29. The van der Waals surface area contributed by atoms with E-state index in [0.717, 1.165) is 21.2 Å². The van der Waals surface area contributed by atoms with E-state index in [-0.39, 0.29) is 5.69 Å². The summed E-state index contributed by atoms with van der Waals surface area (Å²) in [5.41, 5.74) is 3.01. The summed E-state index contributed by atoms with van der Waals surface area (Å²) in [7, 11) is 0. The SMILES string of the molecule is CC1CC(C)(C)CCC1Nc1cc2[nH]c(=O)[nH]c2cc1Br. The Morgan fingerprint density at radius 3 is 2.62 bits per heavy atom. The molecule has 2 aromatic rings. The summed E-state index contributed by atoms with van der Waals surface area (Å²) in [6.45, 7) is 7.03. The van der Waals surface area contributed by atoms with E-state index in [4.69, 9.17) is 0 Å². The van der Waals surface area contributed by atoms with Crippen molar-refractivity contribution < 1.29 is 0 Å². The zero-order valence-electron chi connectivity index (χ0n) is 12.7. The number of aromatic nitrogens is 2. The van der Waals surface area contributed by atoms with E-state index in [1.54, 1.807) is 0 Å². The molecule has 1 aliphatic carbocycles. The Bertz CT molecular complexity index is 716. The molecule has 1 heterocycles. The molecule has 0 saturated heterocycles. The van der Waals surface area contributed by atoms with E-state index in [9.17, 15) is 4.79 Å². The largest absolute Gasteiger partial charge is 0.381 e. The second-order valence-corrected chi connectivity index (χ2v) is 7.95. The van der Waals surface area contributed by atoms with E-state index in [2.05, 4.69) is 52.0 Å². The zero-order valence-corrected chi connectivity index (χ0v) is 14.3. The summed E-state index contributed by atoms with van der Waals surface area (Å²) in [6, 6.07) is 4.44. The van der Waals surface area contributed by atoms with Crippen molar-refractivity contribution in [2.24, 2.45) is 11.3 Å². The Kier molecular flexibility index (Phi) is 3.64. The molecule has 1 fully saturated rings. The summed E-state index contributed by atoms with van der Waals surface area (Å²) in [6.07, 6.45) is 3.67. The minimum Gasteiger partial charge on any atom is -0.381 e. The average Bonchev–Trinajstić information content (AvgIpc) is 2.71. The predicted molar refractivity (Wildman–Crippen MR) is 90.8 cm³/mol. The number of fused-ring (bicyclic) bond motifs is 1. The van der Waals surface area contributed by atoms with E-state index in [1.807, 2.05) is 12.1 Å². The van der Waals surface area contributed by atoms with Crippen LogP contribution >= 0.6 is 15.9 Å². The summed E-state index contributed by atoms with van der Waals surface area (Å²) >= 11 is 3.60. The van der Waals surface area contributed by atoms with E-state index in [1.165, 1.54) is 19.3 Å². The molecule has 0 bridgehead atoms. The van der Waals surface area contributed by atoms with E-state index in [0.29, 0.717) is 17.4 Å². The van der Waals surface area contributed by atoms with Crippen LogP contribution in [-0.2, 0) is 0 Å². The number of halogens is 1. The number of rotatable bonds is 2. The van der Waals surface area contributed by atoms with Gasteiger partial charge in [0.05, 0.1) is 16.7 Å². The number of benzene rings is 1. The third kappa shape index (κ3) is 3.03. The fourth-order valence-corrected chi connectivity index (χ4v) is 3.99. The molecule has 2 unspecified atom stereocenters. The van der Waals surface area contributed by atoms with Gasteiger partial charge < -0.3 is 15.3 Å². The lowest BCUT2D eigenvalue weighted by atomic mass is 9.70. The number of H-pyrrole nitrogens is 2. The summed E-state index contributed by atoms with van der Waals surface area (Å²) in [4.78, 5) is 17.0. The van der Waals surface area contributed by atoms with Crippen LogP contribution in [0.25, 0.3) is 11.0 Å². The molecular formula is C16H22BrN3O. The monoisotopic (exact) mass is 351 g/mol. The first-order chi connectivity index (χ1) is 9.84. The van der Waals surface area contributed by atoms with Gasteiger partial charge in [0.2, 0.25) is 0 Å². The summed E-state index contributed by atoms with van der Waals surface area (Å²) in [5, 5.41) is 3.66. The highest BCUT2D eigenvalue weighted by Gasteiger charge is 2.32. The van der Waals surface area contributed by atoms with Crippen LogP contribution in [-0.4, -0.2) is 16.0 Å². The van der Waals surface area contributed by atoms with Gasteiger partial charge in [0.15, 0.2) is 0 Å². The molecule has 3 N–H and O–H groups in total. The van der Waals surface area contributed by atoms with Crippen LogP contribution in [0.5, 0.6) is 0 Å². The van der Waals surface area contributed by atoms with Crippen molar-refractivity contribution in [3.05, 3.63) is 27.1 Å². The second-order valence-electron chi connectivity index (χ2n) is 7.09. The normalized spacial score (nSPS) is 25.1. The molecule has 21 heavy (non-hydrogen) atoms. The first-order valence-electron chi connectivity index (χ1n) is 7.52. The van der Waals surface area contributed by atoms with Gasteiger partial charge in [-0.2, -0.15) is 0 Å². The molecular weight excluding hydrogens is 330 g/mol. The molecule has 0 aliphatic heterocycles. The van der Waals surface area contributed by atoms with Crippen LogP contribution < -0.4 is 11.0 Å². The number of imidazole rings is 1. The maximum absolute atomic E-state index is 11.4. The molecule has 0 radical (unpaired) electrons. The van der Waals surface area contributed by atoms with Gasteiger partial charge in [-0.3, -0.25) is 0 Å². The number of nitrogens with one attached hydrogen (secondary N) is 3. The van der Waals surface area contributed by atoms with Crippen LogP contribution in [0, 0.1) is 11.3 Å². The third-order valence-electron chi connectivity index (χ3n) is 4.64. The molecule has 0 amide bonds. The smallest absolute Gasteiger partial charge is 0.323 e. The molecule has 3 rings (SSSR count). The Balaban J connectivity index is 1.84. The average molecular weight is 352 g/mol. The topological polar surface area (TPSA) is 60.7 Å². The lowest BCUT2D eigenvalue weighted by Crippen LogP contribution is -2.36. The van der Waals surface area contributed by atoms with Crippen molar-refractivity contribution >= 4 is 32.7 Å². The number of hydrogen-bond acceptors (Lipinski definition) is 2. The Hall–Kier alpha value is -1.23. The van der Waals surface area contributed by atoms with Gasteiger partial charge in [-0.05, 0) is 58.7 Å². The molecule has 1 aromatic heterocycles. The maximum Gasteiger partial charge on any atom is 0.323 e. The van der Waals surface area contributed by atoms with Crippen molar-refractivity contribution in [1.29, 1.82) is 0 Å². The molecule has 1 aliphatic rings.